The van der Waals surface area contributed by atoms with Gasteiger partial charge in [0.2, 0.25) is 0 Å². The second-order valence-corrected chi connectivity index (χ2v) is 2.47. The number of rotatable bonds is 4. The summed E-state index contributed by atoms with van der Waals surface area (Å²) in [4.78, 5) is 11.0. The van der Waals surface area contributed by atoms with Gasteiger partial charge in [0.05, 0.1) is 6.61 Å². The molecule has 0 bridgehead atoms. The Morgan fingerprint density at radius 2 is 2.31 bits per heavy atom. The minimum absolute atomic E-state index is 0.000736. The van der Waals surface area contributed by atoms with Gasteiger partial charge in [0.1, 0.15) is 6.07 Å². The van der Waals surface area contributed by atoms with Gasteiger partial charge in [0, 0.05) is 0 Å². The number of nitrogens with zero attached hydrogens (tertiary/aromatic N) is 1. The fraction of sp³-hybridized carbons (Fsp3) is 0.750. The molecule has 0 aliphatic carbocycles. The summed E-state index contributed by atoms with van der Waals surface area (Å²) in [5.74, 6) is -1.23. The third kappa shape index (κ3) is 2.39. The van der Waals surface area contributed by atoms with Crippen molar-refractivity contribution in [1.29, 1.82) is 5.26 Å². The lowest BCUT2D eigenvalue weighted by Crippen LogP contribution is -2.47. The lowest BCUT2D eigenvalue weighted by atomic mass is 9.98. The van der Waals surface area contributed by atoms with Crippen molar-refractivity contribution in [3.8, 4) is 6.07 Å². The molecule has 0 saturated heterocycles. The minimum Gasteiger partial charge on any atom is -0.463 e. The van der Waals surface area contributed by atoms with E-state index in [-0.39, 0.29) is 13.0 Å². The third-order valence-corrected chi connectivity index (χ3v) is 1.57. The van der Waals surface area contributed by atoms with E-state index < -0.39 is 17.7 Å². The van der Waals surface area contributed by atoms with Crippen LogP contribution in [0.15, 0.2) is 0 Å². The van der Waals surface area contributed by atoms with Crippen LogP contribution in [0.25, 0.3) is 0 Å². The Morgan fingerprint density at radius 3 is 2.62 bits per heavy atom. The molecule has 0 radical (unpaired) electrons. The Hall–Kier alpha value is -1.15. The molecule has 0 heterocycles. The van der Waals surface area contributed by atoms with E-state index >= 15 is 0 Å². The first-order valence-electron chi connectivity index (χ1n) is 3.97. The second kappa shape index (κ2) is 4.77. The molecule has 1 N–H and O–H groups in total. The zero-order chi connectivity index (χ0) is 10.5. The molecule has 0 aromatic rings. The summed E-state index contributed by atoms with van der Waals surface area (Å²) in [5, 5.41) is 17.7. The predicted molar refractivity (Wildman–Crippen MR) is 42.4 cm³/mol. The lowest BCUT2D eigenvalue weighted by Gasteiger charge is -2.20. The Labute approximate surface area is 75.9 Å². The van der Waals surface area contributed by atoms with E-state index in [4.69, 9.17) is 5.26 Å². The van der Waals surface area contributed by atoms with Crippen LogP contribution in [-0.4, -0.2) is 29.5 Å². The summed E-state index contributed by atoms with van der Waals surface area (Å²) in [7, 11) is 0. The average molecular weight is 189 g/mol. The van der Waals surface area contributed by atoms with Gasteiger partial charge in [-0.25, -0.2) is 9.18 Å². The molecule has 4 nitrogen and oxygen atoms in total. The molecule has 5 heteroatoms. The third-order valence-electron chi connectivity index (χ3n) is 1.57. The van der Waals surface area contributed by atoms with E-state index in [0.29, 0.717) is 0 Å². The van der Waals surface area contributed by atoms with Crippen LogP contribution in [0.5, 0.6) is 0 Å². The predicted octanol–water partition coefficient (Wildman–Crippen LogP) is 0.552. The van der Waals surface area contributed by atoms with Gasteiger partial charge in [-0.2, -0.15) is 5.26 Å². The van der Waals surface area contributed by atoms with Crippen molar-refractivity contribution >= 4 is 5.97 Å². The molecule has 0 saturated carbocycles. The molecule has 0 aromatic heterocycles. The highest BCUT2D eigenvalue weighted by Crippen LogP contribution is 2.18. The molecule has 2 unspecified atom stereocenters. The highest BCUT2D eigenvalue weighted by Gasteiger charge is 2.46. The molecule has 13 heavy (non-hydrogen) atoms. The van der Waals surface area contributed by atoms with Crippen LogP contribution in [0, 0.1) is 11.3 Å². The standard InChI is InChI=1S/C8H12FNO3/c1-3-6(9)8(12,5-10)7(11)13-4-2/h6,12H,3-4H2,1-2H3. The number of alkyl halides is 1. The number of ether oxygens (including phenoxy) is 1. The number of aliphatic hydroxyl groups is 1. The molecule has 0 amide bonds. The Bertz CT molecular complexity index is 226. The van der Waals surface area contributed by atoms with Crippen LogP contribution in [0.4, 0.5) is 4.39 Å². The zero-order valence-corrected chi connectivity index (χ0v) is 7.58. The van der Waals surface area contributed by atoms with Crippen molar-refractivity contribution in [2.45, 2.75) is 32.0 Å². The quantitative estimate of drug-likeness (QED) is 0.518. The highest BCUT2D eigenvalue weighted by atomic mass is 19.1. The van der Waals surface area contributed by atoms with E-state index in [2.05, 4.69) is 4.74 Å². The lowest BCUT2D eigenvalue weighted by molar-refractivity contribution is -0.164. The maximum absolute atomic E-state index is 13.0. The van der Waals surface area contributed by atoms with Crippen LogP contribution in [-0.2, 0) is 9.53 Å². The summed E-state index contributed by atoms with van der Waals surface area (Å²) < 4.78 is 17.4. The molecule has 0 rings (SSSR count). The van der Waals surface area contributed by atoms with Crippen molar-refractivity contribution < 1.29 is 19.0 Å². The zero-order valence-electron chi connectivity index (χ0n) is 7.58. The van der Waals surface area contributed by atoms with Gasteiger partial charge in [-0.15, -0.1) is 0 Å². The summed E-state index contributed by atoms with van der Waals surface area (Å²) in [6.45, 7) is 2.93. The topological polar surface area (TPSA) is 70.3 Å². The van der Waals surface area contributed by atoms with Crippen LogP contribution in [0.2, 0.25) is 0 Å². The molecule has 2 atom stereocenters. The highest BCUT2D eigenvalue weighted by molar-refractivity contribution is 5.83. The minimum atomic E-state index is -2.66. The monoisotopic (exact) mass is 189 g/mol. The molecule has 0 aliphatic heterocycles. The van der Waals surface area contributed by atoms with Crippen LogP contribution < -0.4 is 0 Å². The number of halogens is 1. The maximum atomic E-state index is 13.0. The first-order valence-corrected chi connectivity index (χ1v) is 3.97. The van der Waals surface area contributed by atoms with Crippen molar-refractivity contribution in [2.75, 3.05) is 6.61 Å². The molecular weight excluding hydrogens is 177 g/mol. The van der Waals surface area contributed by atoms with Crippen LogP contribution >= 0.6 is 0 Å². The Balaban J connectivity index is 4.64. The van der Waals surface area contributed by atoms with E-state index in [1.165, 1.54) is 19.9 Å². The fourth-order valence-corrected chi connectivity index (χ4v) is 0.780. The van der Waals surface area contributed by atoms with E-state index in [1.807, 2.05) is 0 Å². The Kier molecular flexibility index (Phi) is 4.35. The van der Waals surface area contributed by atoms with Crippen molar-refractivity contribution in [1.82, 2.24) is 0 Å². The molecular formula is C8H12FNO3. The number of nitriles is 1. The summed E-state index contributed by atoms with van der Waals surface area (Å²) in [6, 6.07) is 1.22. The SMILES string of the molecule is CCOC(=O)C(O)(C#N)C(F)CC. The largest absolute Gasteiger partial charge is 0.463 e. The van der Waals surface area contributed by atoms with E-state index in [1.54, 1.807) is 0 Å². The van der Waals surface area contributed by atoms with Gasteiger partial charge < -0.3 is 9.84 Å². The Morgan fingerprint density at radius 1 is 1.77 bits per heavy atom. The van der Waals surface area contributed by atoms with Gasteiger partial charge in [-0.1, -0.05) is 6.92 Å². The van der Waals surface area contributed by atoms with Gasteiger partial charge in [-0.3, -0.25) is 0 Å². The van der Waals surface area contributed by atoms with Gasteiger partial charge in [0.25, 0.3) is 5.60 Å². The molecule has 0 spiro atoms. The number of hydrogen-bond acceptors (Lipinski definition) is 4. The van der Waals surface area contributed by atoms with E-state index in [0.717, 1.165) is 0 Å². The smallest absolute Gasteiger partial charge is 0.356 e. The molecule has 0 aromatic carbocycles. The molecule has 0 fully saturated rings. The van der Waals surface area contributed by atoms with Crippen LogP contribution in [0.3, 0.4) is 0 Å². The van der Waals surface area contributed by atoms with Crippen molar-refractivity contribution in [3.05, 3.63) is 0 Å². The summed E-state index contributed by atoms with van der Waals surface area (Å²) >= 11 is 0. The normalized spacial score (nSPS) is 16.8. The van der Waals surface area contributed by atoms with Crippen molar-refractivity contribution in [3.63, 3.8) is 0 Å². The molecule has 74 valence electrons. The first kappa shape index (κ1) is 11.8. The van der Waals surface area contributed by atoms with Gasteiger partial charge in [-0.05, 0) is 13.3 Å². The first-order chi connectivity index (χ1) is 6.02. The van der Waals surface area contributed by atoms with E-state index in [9.17, 15) is 14.3 Å². The maximum Gasteiger partial charge on any atom is 0.356 e. The second-order valence-electron chi connectivity index (χ2n) is 2.47. The number of hydrogen-bond donors (Lipinski definition) is 1. The average Bonchev–Trinajstić information content (AvgIpc) is 2.15. The van der Waals surface area contributed by atoms with Gasteiger partial charge >= 0.3 is 5.97 Å². The number of carbonyl (C=O) groups is 1. The fourth-order valence-electron chi connectivity index (χ4n) is 0.780. The summed E-state index contributed by atoms with van der Waals surface area (Å²) in [6.07, 6.45) is -2.04. The van der Waals surface area contributed by atoms with Crippen molar-refractivity contribution in [2.24, 2.45) is 0 Å². The number of carbonyl (C=O) groups excluding carboxylic acids is 1. The summed E-state index contributed by atoms with van der Waals surface area (Å²) in [5.41, 5.74) is -2.66. The van der Waals surface area contributed by atoms with Gasteiger partial charge in [0.15, 0.2) is 6.17 Å². The van der Waals surface area contributed by atoms with Crippen LogP contribution in [0.1, 0.15) is 20.3 Å². The number of esters is 1. The molecule has 0 aliphatic rings.